The van der Waals surface area contributed by atoms with Crippen molar-refractivity contribution >= 4 is 5.97 Å². The van der Waals surface area contributed by atoms with Crippen molar-refractivity contribution in [2.24, 2.45) is 17.3 Å². The van der Waals surface area contributed by atoms with Crippen molar-refractivity contribution < 1.29 is 9.90 Å². The quantitative estimate of drug-likeness (QED) is 0.750. The fraction of sp³-hybridized carbons (Fsp3) is 0.688. The van der Waals surface area contributed by atoms with Crippen LogP contribution in [0.25, 0.3) is 0 Å². The summed E-state index contributed by atoms with van der Waals surface area (Å²) in [5.41, 5.74) is 2.86. The Morgan fingerprint density at radius 1 is 1.44 bits per heavy atom. The second-order valence-corrected chi connectivity index (χ2v) is 6.11. The van der Waals surface area contributed by atoms with Crippen molar-refractivity contribution in [2.45, 2.75) is 53.9 Å². The maximum absolute atomic E-state index is 11.3. The molecular formula is C16H26O2. The average Bonchev–Trinajstić information content (AvgIpc) is 2.25. The standard InChI is InChI=1S/C16H26O2/c1-6-8-13(12(3)15(17)18)14-11(2)9-7-10-16(14,4)5/h6,8,12-13H,7,9-10H2,1-5H3,(H,17,18). The second kappa shape index (κ2) is 5.73. The maximum atomic E-state index is 11.3. The summed E-state index contributed by atoms with van der Waals surface area (Å²) in [6.45, 7) is 10.4. The third-order valence-corrected chi connectivity index (χ3v) is 4.20. The average molecular weight is 250 g/mol. The summed E-state index contributed by atoms with van der Waals surface area (Å²) in [5.74, 6) is -1.04. The molecule has 1 N–H and O–H groups in total. The first kappa shape index (κ1) is 15.0. The molecule has 0 aliphatic heterocycles. The van der Waals surface area contributed by atoms with Gasteiger partial charge in [-0.25, -0.2) is 0 Å². The molecule has 0 aromatic rings. The normalized spacial score (nSPS) is 23.2. The van der Waals surface area contributed by atoms with Crippen LogP contribution in [0.15, 0.2) is 23.3 Å². The molecule has 2 atom stereocenters. The molecule has 0 fully saturated rings. The number of aliphatic carboxylic acids is 1. The molecule has 102 valence electrons. The Morgan fingerprint density at radius 3 is 2.50 bits per heavy atom. The zero-order valence-corrected chi connectivity index (χ0v) is 12.3. The SMILES string of the molecule is CC=CC(C1=C(C)CCCC1(C)C)C(C)C(=O)O. The zero-order chi connectivity index (χ0) is 13.9. The molecule has 0 aromatic carbocycles. The van der Waals surface area contributed by atoms with Gasteiger partial charge in [-0.15, -0.1) is 0 Å². The first-order valence-electron chi connectivity index (χ1n) is 6.87. The summed E-state index contributed by atoms with van der Waals surface area (Å²) >= 11 is 0. The summed E-state index contributed by atoms with van der Waals surface area (Å²) in [5, 5.41) is 9.31. The highest BCUT2D eigenvalue weighted by atomic mass is 16.4. The van der Waals surface area contributed by atoms with Gasteiger partial charge in [0.05, 0.1) is 5.92 Å². The molecule has 18 heavy (non-hydrogen) atoms. The Labute approximate surface area is 111 Å². The van der Waals surface area contributed by atoms with Gasteiger partial charge in [-0.1, -0.05) is 44.1 Å². The van der Waals surface area contributed by atoms with Crippen molar-refractivity contribution in [3.05, 3.63) is 23.3 Å². The van der Waals surface area contributed by atoms with Crippen molar-refractivity contribution in [3.8, 4) is 0 Å². The van der Waals surface area contributed by atoms with Gasteiger partial charge in [0.2, 0.25) is 0 Å². The highest BCUT2D eigenvalue weighted by Gasteiger charge is 2.36. The fourth-order valence-corrected chi connectivity index (χ4v) is 3.25. The maximum Gasteiger partial charge on any atom is 0.307 e. The molecule has 0 spiro atoms. The summed E-state index contributed by atoms with van der Waals surface area (Å²) in [7, 11) is 0. The molecule has 2 heteroatoms. The van der Waals surface area contributed by atoms with Crippen LogP contribution in [0.3, 0.4) is 0 Å². The molecule has 0 amide bonds. The molecule has 2 unspecified atom stereocenters. The van der Waals surface area contributed by atoms with Crippen LogP contribution in [-0.2, 0) is 4.79 Å². The third kappa shape index (κ3) is 3.04. The number of carboxylic acids is 1. The molecule has 0 saturated heterocycles. The van der Waals surface area contributed by atoms with E-state index < -0.39 is 5.97 Å². The first-order chi connectivity index (χ1) is 8.31. The summed E-state index contributed by atoms with van der Waals surface area (Å²) in [6, 6.07) is 0. The van der Waals surface area contributed by atoms with E-state index >= 15 is 0 Å². The van der Waals surface area contributed by atoms with Crippen molar-refractivity contribution in [3.63, 3.8) is 0 Å². The van der Waals surface area contributed by atoms with Crippen LogP contribution in [0.1, 0.15) is 53.9 Å². The Kier molecular flexibility index (Phi) is 4.78. The lowest BCUT2D eigenvalue weighted by atomic mass is 9.65. The molecule has 0 bridgehead atoms. The molecule has 0 aromatic heterocycles. The highest BCUT2D eigenvalue weighted by Crippen LogP contribution is 2.46. The number of carbonyl (C=O) groups is 1. The number of hydrogen-bond acceptors (Lipinski definition) is 1. The third-order valence-electron chi connectivity index (χ3n) is 4.20. The Bertz CT molecular complexity index is 375. The molecule has 0 heterocycles. The lowest BCUT2D eigenvalue weighted by Crippen LogP contribution is -2.31. The van der Waals surface area contributed by atoms with E-state index in [0.717, 1.165) is 12.8 Å². The van der Waals surface area contributed by atoms with Crippen LogP contribution in [0.2, 0.25) is 0 Å². The molecule has 2 nitrogen and oxygen atoms in total. The van der Waals surface area contributed by atoms with Crippen molar-refractivity contribution in [1.82, 2.24) is 0 Å². The van der Waals surface area contributed by atoms with E-state index in [0.29, 0.717) is 0 Å². The van der Waals surface area contributed by atoms with Gasteiger partial charge in [0.15, 0.2) is 0 Å². The van der Waals surface area contributed by atoms with Crippen LogP contribution in [0.5, 0.6) is 0 Å². The smallest absolute Gasteiger partial charge is 0.307 e. The van der Waals surface area contributed by atoms with Gasteiger partial charge in [-0.05, 0) is 38.5 Å². The van der Waals surface area contributed by atoms with Crippen LogP contribution in [0, 0.1) is 17.3 Å². The van der Waals surface area contributed by atoms with Gasteiger partial charge in [-0.2, -0.15) is 0 Å². The summed E-state index contributed by atoms with van der Waals surface area (Å²) < 4.78 is 0. The lowest BCUT2D eigenvalue weighted by molar-refractivity contribution is -0.142. The number of carboxylic acid groups (broad SMARTS) is 1. The van der Waals surface area contributed by atoms with E-state index in [1.165, 1.54) is 17.6 Å². The van der Waals surface area contributed by atoms with E-state index in [1.807, 2.05) is 19.9 Å². The zero-order valence-electron chi connectivity index (χ0n) is 12.3. The van der Waals surface area contributed by atoms with Gasteiger partial charge >= 0.3 is 5.97 Å². The molecule has 0 saturated carbocycles. The largest absolute Gasteiger partial charge is 0.481 e. The van der Waals surface area contributed by atoms with E-state index in [2.05, 4.69) is 26.8 Å². The Morgan fingerprint density at radius 2 is 2.06 bits per heavy atom. The predicted molar refractivity (Wildman–Crippen MR) is 75.4 cm³/mol. The van der Waals surface area contributed by atoms with Crippen LogP contribution >= 0.6 is 0 Å². The predicted octanol–water partition coefficient (Wildman–Crippen LogP) is 4.43. The van der Waals surface area contributed by atoms with E-state index in [4.69, 9.17) is 0 Å². The highest BCUT2D eigenvalue weighted by molar-refractivity contribution is 5.71. The molecule has 1 rings (SSSR count). The van der Waals surface area contributed by atoms with E-state index in [1.54, 1.807) is 0 Å². The molecular weight excluding hydrogens is 224 g/mol. The van der Waals surface area contributed by atoms with Crippen LogP contribution in [-0.4, -0.2) is 11.1 Å². The van der Waals surface area contributed by atoms with Gasteiger partial charge in [-0.3, -0.25) is 4.79 Å². The minimum Gasteiger partial charge on any atom is -0.481 e. The van der Waals surface area contributed by atoms with Crippen molar-refractivity contribution in [2.75, 3.05) is 0 Å². The number of hydrogen-bond donors (Lipinski definition) is 1. The minimum atomic E-state index is -0.709. The molecule has 0 radical (unpaired) electrons. The molecule has 1 aliphatic rings. The number of rotatable bonds is 4. The van der Waals surface area contributed by atoms with Gasteiger partial charge in [0.1, 0.15) is 0 Å². The Balaban J connectivity index is 3.23. The monoisotopic (exact) mass is 250 g/mol. The van der Waals surface area contributed by atoms with Gasteiger partial charge in [0, 0.05) is 5.92 Å². The fourth-order valence-electron chi connectivity index (χ4n) is 3.25. The summed E-state index contributed by atoms with van der Waals surface area (Å²) in [6.07, 6.45) is 7.52. The summed E-state index contributed by atoms with van der Waals surface area (Å²) in [4.78, 5) is 11.3. The topological polar surface area (TPSA) is 37.3 Å². The van der Waals surface area contributed by atoms with Gasteiger partial charge in [0.25, 0.3) is 0 Å². The lowest BCUT2D eigenvalue weighted by Gasteiger charge is -2.39. The number of allylic oxidation sites excluding steroid dienone is 4. The molecule has 1 aliphatic carbocycles. The van der Waals surface area contributed by atoms with E-state index in [9.17, 15) is 9.90 Å². The second-order valence-electron chi connectivity index (χ2n) is 6.11. The first-order valence-corrected chi connectivity index (χ1v) is 6.87. The Hall–Kier alpha value is -1.05. The van der Waals surface area contributed by atoms with Crippen LogP contribution in [0.4, 0.5) is 0 Å². The van der Waals surface area contributed by atoms with Gasteiger partial charge < -0.3 is 5.11 Å². The minimum absolute atomic E-state index is 0.0304. The van der Waals surface area contributed by atoms with E-state index in [-0.39, 0.29) is 17.3 Å². The van der Waals surface area contributed by atoms with Crippen molar-refractivity contribution in [1.29, 1.82) is 0 Å². The van der Waals surface area contributed by atoms with Crippen LogP contribution < -0.4 is 0 Å².